The second-order valence-electron chi connectivity index (χ2n) is 7.31. The number of hydrogen-bond donors (Lipinski definition) is 0. The summed E-state index contributed by atoms with van der Waals surface area (Å²) < 4.78 is 22.2. The van der Waals surface area contributed by atoms with Crippen molar-refractivity contribution in [3.8, 4) is 17.2 Å². The molecule has 0 aliphatic rings. The minimum Gasteiger partial charge on any atom is -0.479 e. The van der Waals surface area contributed by atoms with Crippen LogP contribution in [0.1, 0.15) is 45.6 Å². The van der Waals surface area contributed by atoms with Crippen molar-refractivity contribution < 1.29 is 23.4 Å². The summed E-state index contributed by atoms with van der Waals surface area (Å²) in [6, 6.07) is 12.4. The van der Waals surface area contributed by atoms with Gasteiger partial charge in [0.15, 0.2) is 6.10 Å². The fourth-order valence-electron chi connectivity index (χ4n) is 2.98. The van der Waals surface area contributed by atoms with E-state index in [0.717, 1.165) is 12.0 Å². The maximum atomic E-state index is 12.9. The third-order valence-electron chi connectivity index (χ3n) is 4.57. The lowest BCUT2D eigenvalue weighted by molar-refractivity contribution is -0.151. The van der Waals surface area contributed by atoms with Crippen LogP contribution in [0.4, 0.5) is 0 Å². The molecule has 0 aliphatic heterocycles. The second-order valence-corrected chi connectivity index (χ2v) is 7.31. The molecule has 0 unspecified atom stereocenters. The standard InChI is InChI=1S/C24H26O6/c1-5-12-27-24(26)16(4)29-17-10-11-19-21(13-17)28-14-22(23(19)25)30-20-9-7-6-8-18(20)15(2)3/h6-11,13-16H,5,12H2,1-4H3/t16-/m0/s1. The van der Waals surface area contributed by atoms with Gasteiger partial charge in [-0.25, -0.2) is 4.79 Å². The predicted molar refractivity (Wildman–Crippen MR) is 114 cm³/mol. The van der Waals surface area contributed by atoms with Crippen molar-refractivity contribution in [1.29, 1.82) is 0 Å². The molecule has 3 aromatic rings. The number of esters is 1. The summed E-state index contributed by atoms with van der Waals surface area (Å²) in [7, 11) is 0. The zero-order valence-corrected chi connectivity index (χ0v) is 17.6. The second kappa shape index (κ2) is 9.48. The Hall–Kier alpha value is -3.28. The van der Waals surface area contributed by atoms with Crippen molar-refractivity contribution in [1.82, 2.24) is 0 Å². The van der Waals surface area contributed by atoms with Crippen LogP contribution in [-0.4, -0.2) is 18.7 Å². The highest BCUT2D eigenvalue weighted by Crippen LogP contribution is 2.30. The van der Waals surface area contributed by atoms with Crippen molar-refractivity contribution >= 4 is 16.9 Å². The van der Waals surface area contributed by atoms with E-state index in [1.54, 1.807) is 25.1 Å². The number of fused-ring (bicyclic) bond motifs is 1. The fourth-order valence-corrected chi connectivity index (χ4v) is 2.98. The normalized spacial score (nSPS) is 12.0. The summed E-state index contributed by atoms with van der Waals surface area (Å²) >= 11 is 0. The van der Waals surface area contributed by atoms with E-state index >= 15 is 0 Å². The molecular weight excluding hydrogens is 384 g/mol. The Balaban J connectivity index is 1.83. The van der Waals surface area contributed by atoms with Gasteiger partial charge in [0, 0.05) is 6.07 Å². The van der Waals surface area contributed by atoms with E-state index in [1.165, 1.54) is 6.26 Å². The van der Waals surface area contributed by atoms with Crippen LogP contribution in [0, 0.1) is 0 Å². The molecule has 1 aromatic heterocycles. The van der Waals surface area contributed by atoms with E-state index in [1.807, 2.05) is 31.2 Å². The molecule has 6 heteroatoms. The van der Waals surface area contributed by atoms with Gasteiger partial charge < -0.3 is 18.6 Å². The van der Waals surface area contributed by atoms with E-state index in [0.29, 0.717) is 29.1 Å². The molecular formula is C24H26O6. The van der Waals surface area contributed by atoms with Gasteiger partial charge >= 0.3 is 5.97 Å². The van der Waals surface area contributed by atoms with Gasteiger partial charge in [0.1, 0.15) is 23.3 Å². The zero-order valence-electron chi connectivity index (χ0n) is 17.6. The van der Waals surface area contributed by atoms with Crippen molar-refractivity contribution in [2.24, 2.45) is 0 Å². The van der Waals surface area contributed by atoms with Crippen LogP contribution >= 0.6 is 0 Å². The molecule has 0 fully saturated rings. The van der Waals surface area contributed by atoms with Gasteiger partial charge in [0.25, 0.3) is 0 Å². The van der Waals surface area contributed by atoms with Gasteiger partial charge in [-0.1, -0.05) is 39.0 Å². The van der Waals surface area contributed by atoms with E-state index in [4.69, 9.17) is 18.6 Å². The van der Waals surface area contributed by atoms with E-state index < -0.39 is 12.1 Å². The van der Waals surface area contributed by atoms with Crippen LogP contribution < -0.4 is 14.9 Å². The largest absolute Gasteiger partial charge is 0.479 e. The van der Waals surface area contributed by atoms with Crippen LogP contribution in [0.3, 0.4) is 0 Å². The van der Waals surface area contributed by atoms with Crippen LogP contribution in [0.2, 0.25) is 0 Å². The Morgan fingerprint density at radius 3 is 2.57 bits per heavy atom. The Morgan fingerprint density at radius 2 is 1.83 bits per heavy atom. The molecule has 3 rings (SSSR count). The first-order valence-corrected chi connectivity index (χ1v) is 10.1. The maximum absolute atomic E-state index is 12.9. The molecule has 1 heterocycles. The lowest BCUT2D eigenvalue weighted by atomic mass is 10.0. The number of carbonyl (C=O) groups excluding carboxylic acids is 1. The topological polar surface area (TPSA) is 75.0 Å². The van der Waals surface area contributed by atoms with Gasteiger partial charge in [0.2, 0.25) is 11.2 Å². The Labute approximate surface area is 175 Å². The summed E-state index contributed by atoms with van der Waals surface area (Å²) in [5.74, 6) is 0.954. The van der Waals surface area contributed by atoms with Crippen LogP contribution in [-0.2, 0) is 9.53 Å². The predicted octanol–water partition coefficient (Wildman–Crippen LogP) is 5.43. The summed E-state index contributed by atoms with van der Waals surface area (Å²) in [5, 5.41) is 0.364. The fraction of sp³-hybridized carbons (Fsp3) is 0.333. The van der Waals surface area contributed by atoms with Gasteiger partial charge in [-0.05, 0) is 43.0 Å². The summed E-state index contributed by atoms with van der Waals surface area (Å²) in [5.41, 5.74) is 1.07. The number of para-hydroxylation sites is 1. The highest BCUT2D eigenvalue weighted by atomic mass is 16.6. The molecule has 0 radical (unpaired) electrons. The van der Waals surface area contributed by atoms with Crippen LogP contribution in [0.15, 0.2) is 57.9 Å². The highest BCUT2D eigenvalue weighted by molar-refractivity contribution is 5.79. The Bertz CT molecular complexity index is 1080. The number of benzene rings is 2. The monoisotopic (exact) mass is 410 g/mol. The highest BCUT2D eigenvalue weighted by Gasteiger charge is 2.17. The minimum absolute atomic E-state index is 0.112. The van der Waals surface area contributed by atoms with Crippen LogP contribution in [0.25, 0.3) is 11.0 Å². The molecule has 0 N–H and O–H groups in total. The van der Waals surface area contributed by atoms with Crippen LogP contribution in [0.5, 0.6) is 17.2 Å². The van der Waals surface area contributed by atoms with E-state index in [-0.39, 0.29) is 17.1 Å². The number of ether oxygens (including phenoxy) is 3. The molecule has 2 aromatic carbocycles. The van der Waals surface area contributed by atoms with Gasteiger partial charge in [-0.2, -0.15) is 0 Å². The average molecular weight is 410 g/mol. The lowest BCUT2D eigenvalue weighted by Gasteiger charge is -2.14. The molecule has 1 atom stereocenters. The Morgan fingerprint density at radius 1 is 1.07 bits per heavy atom. The maximum Gasteiger partial charge on any atom is 0.347 e. The quantitative estimate of drug-likeness (QED) is 0.461. The third kappa shape index (κ3) is 4.82. The SMILES string of the molecule is CCCOC(=O)[C@H](C)Oc1ccc2c(=O)c(Oc3ccccc3C(C)C)coc2c1. The van der Waals surface area contributed by atoms with E-state index in [2.05, 4.69) is 13.8 Å². The average Bonchev–Trinajstić information content (AvgIpc) is 2.74. The molecule has 0 bridgehead atoms. The van der Waals surface area contributed by atoms with Crippen molar-refractivity contribution in [3.63, 3.8) is 0 Å². The first-order chi connectivity index (χ1) is 14.4. The van der Waals surface area contributed by atoms with E-state index in [9.17, 15) is 9.59 Å². The summed E-state index contributed by atoms with van der Waals surface area (Å²) in [6.07, 6.45) is 1.27. The first kappa shape index (κ1) is 21.4. The molecule has 158 valence electrons. The Kier molecular flexibility index (Phi) is 6.77. The molecule has 6 nitrogen and oxygen atoms in total. The number of hydrogen-bond acceptors (Lipinski definition) is 6. The smallest absolute Gasteiger partial charge is 0.347 e. The van der Waals surface area contributed by atoms with Gasteiger partial charge in [-0.15, -0.1) is 0 Å². The van der Waals surface area contributed by atoms with Gasteiger partial charge in [0.05, 0.1) is 12.0 Å². The third-order valence-corrected chi connectivity index (χ3v) is 4.57. The lowest BCUT2D eigenvalue weighted by Crippen LogP contribution is -2.26. The summed E-state index contributed by atoms with van der Waals surface area (Å²) in [6.45, 7) is 8.00. The molecule has 0 amide bonds. The number of carbonyl (C=O) groups is 1. The zero-order chi connectivity index (χ0) is 21.7. The molecule has 0 spiro atoms. The summed E-state index contributed by atoms with van der Waals surface area (Å²) in [4.78, 5) is 24.8. The molecule has 30 heavy (non-hydrogen) atoms. The first-order valence-electron chi connectivity index (χ1n) is 10.1. The van der Waals surface area contributed by atoms with Crippen molar-refractivity contribution in [3.05, 3.63) is 64.5 Å². The molecule has 0 aliphatic carbocycles. The van der Waals surface area contributed by atoms with Crippen molar-refractivity contribution in [2.75, 3.05) is 6.61 Å². The molecule has 0 saturated heterocycles. The number of rotatable bonds is 8. The minimum atomic E-state index is -0.768. The van der Waals surface area contributed by atoms with Gasteiger partial charge in [-0.3, -0.25) is 4.79 Å². The molecule has 0 saturated carbocycles. The van der Waals surface area contributed by atoms with Crippen molar-refractivity contribution in [2.45, 2.75) is 46.1 Å².